The van der Waals surface area contributed by atoms with E-state index in [9.17, 15) is 14.7 Å². The number of halogens is 1. The van der Waals surface area contributed by atoms with Crippen molar-refractivity contribution in [3.05, 3.63) is 64.4 Å². The number of amides is 1. The van der Waals surface area contributed by atoms with Crippen LogP contribution in [0.4, 0.5) is 0 Å². The number of hydrogen-bond acceptors (Lipinski definition) is 5. The van der Waals surface area contributed by atoms with Gasteiger partial charge in [-0.1, -0.05) is 11.6 Å². The molecule has 0 spiro atoms. The van der Waals surface area contributed by atoms with Crippen LogP contribution >= 0.6 is 11.6 Å². The third-order valence-corrected chi connectivity index (χ3v) is 4.21. The number of furan rings is 1. The largest absolute Gasteiger partial charge is 0.508 e. The maximum atomic E-state index is 12.9. The second kappa shape index (κ2) is 6.58. The molecule has 0 fully saturated rings. The van der Waals surface area contributed by atoms with Gasteiger partial charge in [0.2, 0.25) is 5.78 Å². The van der Waals surface area contributed by atoms with Crippen molar-refractivity contribution in [2.24, 2.45) is 0 Å². The Bertz CT molecular complexity index is 962. The molecule has 128 valence electrons. The molecule has 0 radical (unpaired) electrons. The van der Waals surface area contributed by atoms with Gasteiger partial charge in [0.1, 0.15) is 11.3 Å². The van der Waals surface area contributed by atoms with E-state index in [4.69, 9.17) is 21.2 Å². The number of hydrogen-bond donors (Lipinski definition) is 3. The Balaban J connectivity index is 2.20. The van der Waals surface area contributed by atoms with Crippen molar-refractivity contribution < 1.29 is 24.3 Å². The zero-order chi connectivity index (χ0) is 18.1. The van der Waals surface area contributed by atoms with Gasteiger partial charge in [0, 0.05) is 27.6 Å². The minimum atomic E-state index is -0.845. The molecule has 6 nitrogen and oxygen atoms in total. The molecule has 2 aromatic carbocycles. The quantitative estimate of drug-likeness (QED) is 0.375. The van der Waals surface area contributed by atoms with Gasteiger partial charge in [-0.2, -0.15) is 0 Å². The molecular formula is C18H14ClNO5. The summed E-state index contributed by atoms with van der Waals surface area (Å²) in [6.45, 7) is 1.54. The van der Waals surface area contributed by atoms with Gasteiger partial charge in [0.25, 0.3) is 5.91 Å². The van der Waals surface area contributed by atoms with Gasteiger partial charge in [0.15, 0.2) is 5.76 Å². The first-order valence-corrected chi connectivity index (χ1v) is 7.79. The Morgan fingerprint density at radius 1 is 1.16 bits per heavy atom. The number of fused-ring (bicyclic) bond motifs is 1. The van der Waals surface area contributed by atoms with E-state index in [1.165, 1.54) is 12.1 Å². The Labute approximate surface area is 147 Å². The van der Waals surface area contributed by atoms with Crippen molar-refractivity contribution in [1.29, 1.82) is 0 Å². The lowest BCUT2D eigenvalue weighted by atomic mass is 9.94. The SMILES string of the molecule is CC(C(=O)NO)c1c(C(=O)c2ccc(Cl)cc2)oc2cc(O)ccc12. The standard InChI is InChI=1S/C18H14ClNO5/c1-9(18(23)20-24)15-13-7-6-12(21)8-14(13)25-17(15)16(22)10-2-4-11(19)5-3-10/h2-9,21,24H,1H3,(H,20,23). The third kappa shape index (κ3) is 3.09. The number of nitrogens with one attached hydrogen (secondary N) is 1. The van der Waals surface area contributed by atoms with Crippen LogP contribution in [-0.4, -0.2) is 22.0 Å². The van der Waals surface area contributed by atoms with Gasteiger partial charge in [-0.15, -0.1) is 0 Å². The van der Waals surface area contributed by atoms with Crippen LogP contribution in [0.3, 0.4) is 0 Å². The molecule has 0 aliphatic carbocycles. The summed E-state index contributed by atoms with van der Waals surface area (Å²) in [6, 6.07) is 10.6. The monoisotopic (exact) mass is 359 g/mol. The highest BCUT2D eigenvalue weighted by molar-refractivity contribution is 6.30. The number of rotatable bonds is 4. The smallest absolute Gasteiger partial charge is 0.250 e. The average molecular weight is 360 g/mol. The number of phenolic OH excluding ortho intramolecular Hbond substituents is 1. The summed E-state index contributed by atoms with van der Waals surface area (Å²) >= 11 is 5.84. The number of ketones is 1. The summed E-state index contributed by atoms with van der Waals surface area (Å²) < 4.78 is 5.64. The van der Waals surface area contributed by atoms with Gasteiger partial charge in [-0.25, -0.2) is 5.48 Å². The van der Waals surface area contributed by atoms with Crippen LogP contribution in [0.25, 0.3) is 11.0 Å². The zero-order valence-corrected chi connectivity index (χ0v) is 13.9. The minimum absolute atomic E-state index is 0.0287. The molecule has 0 aliphatic heterocycles. The first kappa shape index (κ1) is 17.0. The number of carbonyl (C=O) groups excluding carboxylic acids is 2. The van der Waals surface area contributed by atoms with E-state index in [1.54, 1.807) is 42.7 Å². The molecule has 25 heavy (non-hydrogen) atoms. The Kier molecular flexibility index (Phi) is 4.48. The summed E-state index contributed by atoms with van der Waals surface area (Å²) in [6.07, 6.45) is 0. The maximum absolute atomic E-state index is 12.9. The highest BCUT2D eigenvalue weighted by atomic mass is 35.5. The molecule has 1 heterocycles. The van der Waals surface area contributed by atoms with E-state index < -0.39 is 17.6 Å². The van der Waals surface area contributed by atoms with Gasteiger partial charge >= 0.3 is 0 Å². The molecule has 0 aliphatic rings. The summed E-state index contributed by atoms with van der Waals surface area (Å²) in [7, 11) is 0. The van der Waals surface area contributed by atoms with Crippen LogP contribution in [0.2, 0.25) is 5.02 Å². The van der Waals surface area contributed by atoms with Gasteiger partial charge < -0.3 is 9.52 Å². The Morgan fingerprint density at radius 3 is 2.48 bits per heavy atom. The van der Waals surface area contributed by atoms with Gasteiger partial charge in [0.05, 0.1) is 5.92 Å². The second-order valence-corrected chi connectivity index (χ2v) is 6.00. The van der Waals surface area contributed by atoms with Crippen molar-refractivity contribution in [3.8, 4) is 5.75 Å². The molecule has 7 heteroatoms. The molecule has 3 N–H and O–H groups in total. The lowest BCUT2D eigenvalue weighted by Crippen LogP contribution is -2.25. The fourth-order valence-electron chi connectivity index (χ4n) is 2.66. The van der Waals surface area contributed by atoms with Crippen molar-refractivity contribution in [3.63, 3.8) is 0 Å². The number of aromatic hydroxyl groups is 1. The number of benzene rings is 2. The first-order valence-electron chi connectivity index (χ1n) is 7.42. The summed E-state index contributed by atoms with van der Waals surface area (Å²) in [5, 5.41) is 19.6. The van der Waals surface area contributed by atoms with Crippen molar-refractivity contribution in [1.82, 2.24) is 5.48 Å². The fourth-order valence-corrected chi connectivity index (χ4v) is 2.79. The molecule has 0 saturated heterocycles. The lowest BCUT2D eigenvalue weighted by Gasteiger charge is -2.10. The number of hydroxylamine groups is 1. The van der Waals surface area contributed by atoms with Crippen molar-refractivity contribution in [2.45, 2.75) is 12.8 Å². The molecule has 3 rings (SSSR count). The average Bonchev–Trinajstić information content (AvgIpc) is 2.98. The predicted octanol–water partition coefficient (Wildman–Crippen LogP) is 3.63. The number of phenols is 1. The predicted molar refractivity (Wildman–Crippen MR) is 91.1 cm³/mol. The van der Waals surface area contributed by atoms with E-state index in [0.29, 0.717) is 21.5 Å². The number of carbonyl (C=O) groups is 2. The fraction of sp³-hybridized carbons (Fsp3) is 0.111. The minimum Gasteiger partial charge on any atom is -0.508 e. The lowest BCUT2D eigenvalue weighted by molar-refractivity contribution is -0.130. The molecule has 1 unspecified atom stereocenters. The molecule has 3 aromatic rings. The van der Waals surface area contributed by atoms with E-state index in [0.717, 1.165) is 0 Å². The molecular weight excluding hydrogens is 346 g/mol. The van der Waals surface area contributed by atoms with Crippen LogP contribution in [0, 0.1) is 0 Å². The second-order valence-electron chi connectivity index (χ2n) is 5.56. The van der Waals surface area contributed by atoms with E-state index in [1.807, 2.05) is 0 Å². The van der Waals surface area contributed by atoms with Gasteiger partial charge in [-0.05, 0) is 43.3 Å². The van der Waals surface area contributed by atoms with Crippen LogP contribution in [0.15, 0.2) is 46.9 Å². The van der Waals surface area contributed by atoms with Crippen molar-refractivity contribution >= 4 is 34.3 Å². The van der Waals surface area contributed by atoms with E-state index in [-0.39, 0.29) is 17.1 Å². The molecule has 1 amide bonds. The third-order valence-electron chi connectivity index (χ3n) is 3.96. The summed E-state index contributed by atoms with van der Waals surface area (Å²) in [5.41, 5.74) is 2.53. The van der Waals surface area contributed by atoms with Gasteiger partial charge in [-0.3, -0.25) is 14.8 Å². The highest BCUT2D eigenvalue weighted by Gasteiger charge is 2.29. The molecule has 0 saturated carbocycles. The zero-order valence-electron chi connectivity index (χ0n) is 13.1. The van der Waals surface area contributed by atoms with E-state index in [2.05, 4.69) is 0 Å². The van der Waals surface area contributed by atoms with E-state index >= 15 is 0 Å². The van der Waals surface area contributed by atoms with Crippen LogP contribution < -0.4 is 5.48 Å². The van der Waals surface area contributed by atoms with Crippen molar-refractivity contribution in [2.75, 3.05) is 0 Å². The molecule has 1 aromatic heterocycles. The Morgan fingerprint density at radius 2 is 1.84 bits per heavy atom. The van der Waals surface area contributed by atoms with Crippen LogP contribution in [0.1, 0.15) is 34.5 Å². The maximum Gasteiger partial charge on any atom is 0.250 e. The Hall–Kier alpha value is -2.83. The summed E-state index contributed by atoms with van der Waals surface area (Å²) in [4.78, 5) is 24.8. The van der Waals surface area contributed by atoms with Crippen LogP contribution in [-0.2, 0) is 4.79 Å². The normalized spacial score (nSPS) is 12.1. The highest BCUT2D eigenvalue weighted by Crippen LogP contribution is 2.35. The summed E-state index contributed by atoms with van der Waals surface area (Å²) in [5.74, 6) is -2.01. The first-order chi connectivity index (χ1) is 11.9. The topological polar surface area (TPSA) is 99.8 Å². The molecule has 0 bridgehead atoms. The van der Waals surface area contributed by atoms with Crippen LogP contribution in [0.5, 0.6) is 5.75 Å². The molecule has 1 atom stereocenters.